The van der Waals surface area contributed by atoms with Crippen LogP contribution in [0.15, 0.2) is 0 Å². The van der Waals surface area contributed by atoms with E-state index in [-0.39, 0.29) is 18.1 Å². The number of piperidine rings is 2. The highest BCUT2D eigenvalue weighted by molar-refractivity contribution is 5.77. The largest absolute Gasteiger partial charge is 0.391 e. The summed E-state index contributed by atoms with van der Waals surface area (Å²) in [6.45, 7) is 1.92. The van der Waals surface area contributed by atoms with E-state index in [9.17, 15) is 9.90 Å². The van der Waals surface area contributed by atoms with Gasteiger partial charge in [0.05, 0.1) is 12.1 Å². The zero-order chi connectivity index (χ0) is 10.6. The van der Waals surface area contributed by atoms with Crippen LogP contribution in [0.1, 0.15) is 39.0 Å². The van der Waals surface area contributed by atoms with Crippen molar-refractivity contribution in [3.63, 3.8) is 0 Å². The first kappa shape index (κ1) is 9.64. The molecule has 0 spiro atoms. The molecule has 2 aliphatic carbocycles. The fourth-order valence-corrected chi connectivity index (χ4v) is 4.06. The van der Waals surface area contributed by atoms with E-state index in [1.165, 1.54) is 12.8 Å². The van der Waals surface area contributed by atoms with Crippen LogP contribution in [-0.4, -0.2) is 34.1 Å². The first-order valence-electron chi connectivity index (χ1n) is 6.20. The second-order valence-corrected chi connectivity index (χ2v) is 5.44. The third kappa shape index (κ3) is 1.25. The minimum Gasteiger partial charge on any atom is -0.391 e. The molecule has 1 N–H and O–H groups in total. The SMILES string of the molecule is CCC(=O)N1C2CC3CC(C2)C(O)C1C3. The highest BCUT2D eigenvalue weighted by atomic mass is 16.3. The van der Waals surface area contributed by atoms with E-state index in [4.69, 9.17) is 0 Å². The number of aliphatic hydroxyl groups excluding tert-OH is 1. The maximum absolute atomic E-state index is 11.9. The molecule has 3 nitrogen and oxygen atoms in total. The van der Waals surface area contributed by atoms with Gasteiger partial charge >= 0.3 is 0 Å². The molecule has 84 valence electrons. The first-order valence-corrected chi connectivity index (χ1v) is 6.20. The van der Waals surface area contributed by atoms with Crippen molar-refractivity contribution in [1.29, 1.82) is 0 Å². The number of carbonyl (C=O) groups excluding carboxylic acids is 1. The molecule has 4 bridgehead atoms. The average molecular weight is 209 g/mol. The van der Waals surface area contributed by atoms with Crippen LogP contribution >= 0.6 is 0 Å². The third-order valence-corrected chi connectivity index (χ3v) is 4.61. The fraction of sp³-hybridized carbons (Fsp3) is 0.917. The molecule has 2 saturated heterocycles. The van der Waals surface area contributed by atoms with Gasteiger partial charge in [-0.25, -0.2) is 0 Å². The van der Waals surface area contributed by atoms with Gasteiger partial charge in [0.15, 0.2) is 0 Å². The number of aliphatic hydroxyl groups is 1. The van der Waals surface area contributed by atoms with Crippen LogP contribution in [0.5, 0.6) is 0 Å². The molecule has 4 fully saturated rings. The minimum absolute atomic E-state index is 0.147. The van der Waals surface area contributed by atoms with Crippen molar-refractivity contribution < 1.29 is 9.90 Å². The van der Waals surface area contributed by atoms with E-state index in [0.29, 0.717) is 18.4 Å². The molecule has 0 aromatic heterocycles. The van der Waals surface area contributed by atoms with Crippen LogP contribution in [0.2, 0.25) is 0 Å². The van der Waals surface area contributed by atoms with Crippen molar-refractivity contribution in [2.45, 2.75) is 57.2 Å². The van der Waals surface area contributed by atoms with E-state index < -0.39 is 0 Å². The Kier molecular flexibility index (Phi) is 2.06. The average Bonchev–Trinajstić information content (AvgIpc) is 2.24. The first-order chi connectivity index (χ1) is 7.20. The maximum atomic E-state index is 11.9. The van der Waals surface area contributed by atoms with Crippen LogP contribution in [0.4, 0.5) is 0 Å². The van der Waals surface area contributed by atoms with Crippen LogP contribution < -0.4 is 0 Å². The summed E-state index contributed by atoms with van der Waals surface area (Å²) in [5.74, 6) is 1.50. The van der Waals surface area contributed by atoms with Crippen molar-refractivity contribution in [3.05, 3.63) is 0 Å². The molecule has 4 aliphatic rings. The molecule has 0 aromatic carbocycles. The molecule has 1 amide bonds. The third-order valence-electron chi connectivity index (χ3n) is 4.61. The Morgan fingerprint density at radius 1 is 1.33 bits per heavy atom. The molecule has 3 heteroatoms. The van der Waals surface area contributed by atoms with Crippen LogP contribution in [0.25, 0.3) is 0 Å². The van der Waals surface area contributed by atoms with E-state index in [2.05, 4.69) is 0 Å². The van der Waals surface area contributed by atoms with Gasteiger partial charge in [-0.2, -0.15) is 0 Å². The predicted octanol–water partition coefficient (Wildman–Crippen LogP) is 1.16. The summed E-state index contributed by atoms with van der Waals surface area (Å²) in [6, 6.07) is 0.594. The molecule has 5 atom stereocenters. The van der Waals surface area contributed by atoms with Gasteiger partial charge < -0.3 is 10.0 Å². The Bertz CT molecular complexity index is 291. The summed E-state index contributed by atoms with van der Waals surface area (Å²) in [5.41, 5.74) is 0. The molecule has 5 unspecified atom stereocenters. The lowest BCUT2D eigenvalue weighted by Crippen LogP contribution is -2.66. The van der Waals surface area contributed by atoms with Crippen molar-refractivity contribution in [1.82, 2.24) is 4.90 Å². The van der Waals surface area contributed by atoms with Crippen molar-refractivity contribution in [2.75, 3.05) is 0 Å². The van der Waals surface area contributed by atoms with Gasteiger partial charge in [-0.3, -0.25) is 4.79 Å². The van der Waals surface area contributed by atoms with Gasteiger partial charge in [0.25, 0.3) is 0 Å². The number of carbonyl (C=O) groups is 1. The van der Waals surface area contributed by atoms with Gasteiger partial charge in [0.2, 0.25) is 5.91 Å². The van der Waals surface area contributed by atoms with Gasteiger partial charge in [0.1, 0.15) is 0 Å². The van der Waals surface area contributed by atoms with Crippen LogP contribution in [0, 0.1) is 11.8 Å². The lowest BCUT2D eigenvalue weighted by atomic mass is 9.62. The number of hydrogen-bond acceptors (Lipinski definition) is 2. The standard InChI is InChI=1S/C12H19NO2/c1-2-11(14)13-9-4-7-3-8(6-9)12(15)10(13)5-7/h7-10,12,15H,2-6H2,1H3. The monoisotopic (exact) mass is 209 g/mol. The van der Waals surface area contributed by atoms with E-state index >= 15 is 0 Å². The summed E-state index contributed by atoms with van der Waals surface area (Å²) < 4.78 is 0. The molecule has 15 heavy (non-hydrogen) atoms. The summed E-state index contributed by atoms with van der Waals surface area (Å²) in [6.07, 6.45) is 4.80. The number of hydrogen-bond donors (Lipinski definition) is 1. The van der Waals surface area contributed by atoms with Gasteiger partial charge in [-0.1, -0.05) is 6.92 Å². The molecule has 0 radical (unpaired) electrons. The lowest BCUT2D eigenvalue weighted by Gasteiger charge is -2.58. The normalized spacial score (nSPS) is 47.3. The molecule has 2 aliphatic heterocycles. The predicted molar refractivity (Wildman–Crippen MR) is 56.2 cm³/mol. The molecule has 4 rings (SSSR count). The van der Waals surface area contributed by atoms with Gasteiger partial charge in [-0.05, 0) is 37.5 Å². The van der Waals surface area contributed by atoms with E-state index in [1.807, 2.05) is 11.8 Å². The molecule has 2 saturated carbocycles. The van der Waals surface area contributed by atoms with E-state index in [1.54, 1.807) is 0 Å². The maximum Gasteiger partial charge on any atom is 0.222 e. The Morgan fingerprint density at radius 2 is 2.13 bits per heavy atom. The Labute approximate surface area is 90.5 Å². The number of amides is 1. The van der Waals surface area contributed by atoms with Crippen molar-refractivity contribution in [3.8, 4) is 0 Å². The molecule has 2 heterocycles. The molecule has 0 aromatic rings. The summed E-state index contributed by atoms with van der Waals surface area (Å²) >= 11 is 0. The number of nitrogens with zero attached hydrogens (tertiary/aromatic N) is 1. The lowest BCUT2D eigenvalue weighted by molar-refractivity contribution is -0.167. The van der Waals surface area contributed by atoms with E-state index in [0.717, 1.165) is 18.8 Å². The smallest absolute Gasteiger partial charge is 0.222 e. The minimum atomic E-state index is -0.242. The fourth-order valence-electron chi connectivity index (χ4n) is 4.06. The van der Waals surface area contributed by atoms with Gasteiger partial charge in [0, 0.05) is 12.5 Å². The van der Waals surface area contributed by atoms with Gasteiger partial charge in [-0.15, -0.1) is 0 Å². The summed E-state index contributed by atoms with van der Waals surface area (Å²) in [7, 11) is 0. The highest BCUT2D eigenvalue weighted by Crippen LogP contribution is 2.49. The van der Waals surface area contributed by atoms with Crippen LogP contribution in [0.3, 0.4) is 0 Å². The van der Waals surface area contributed by atoms with Crippen molar-refractivity contribution in [2.24, 2.45) is 11.8 Å². The molecular formula is C12H19NO2. The zero-order valence-corrected chi connectivity index (χ0v) is 9.22. The Hall–Kier alpha value is -0.570. The second kappa shape index (κ2) is 3.21. The Balaban J connectivity index is 1.89. The molecular weight excluding hydrogens is 190 g/mol. The Morgan fingerprint density at radius 3 is 2.87 bits per heavy atom. The topological polar surface area (TPSA) is 40.5 Å². The van der Waals surface area contributed by atoms with Crippen molar-refractivity contribution >= 4 is 5.91 Å². The second-order valence-electron chi connectivity index (χ2n) is 5.44. The number of rotatable bonds is 1. The summed E-state index contributed by atoms with van der Waals surface area (Å²) in [4.78, 5) is 13.9. The van der Waals surface area contributed by atoms with Crippen LogP contribution in [-0.2, 0) is 4.79 Å². The zero-order valence-electron chi connectivity index (χ0n) is 9.22. The summed E-state index contributed by atoms with van der Waals surface area (Å²) in [5, 5.41) is 10.1. The quantitative estimate of drug-likeness (QED) is 0.704. The highest BCUT2D eigenvalue weighted by Gasteiger charge is 2.52.